The van der Waals surface area contributed by atoms with E-state index < -0.39 is 0 Å². The molecule has 0 unspecified atom stereocenters. The van der Waals surface area contributed by atoms with Gasteiger partial charge in [0.25, 0.3) is 0 Å². The minimum absolute atomic E-state index is 0.628. The van der Waals surface area contributed by atoms with Crippen LogP contribution in [-0.4, -0.2) is 19.7 Å². The van der Waals surface area contributed by atoms with Gasteiger partial charge in [0.15, 0.2) is 0 Å². The van der Waals surface area contributed by atoms with Crippen molar-refractivity contribution in [2.75, 3.05) is 24.6 Å². The molecular formula is C17H20ClNO. The van der Waals surface area contributed by atoms with Crippen LogP contribution in [0, 0.1) is 0 Å². The van der Waals surface area contributed by atoms with Gasteiger partial charge in [-0.15, -0.1) is 0 Å². The van der Waals surface area contributed by atoms with Crippen LogP contribution in [0.1, 0.15) is 12.5 Å². The summed E-state index contributed by atoms with van der Waals surface area (Å²) in [6, 6.07) is 18.2. The third-order valence-corrected chi connectivity index (χ3v) is 3.44. The van der Waals surface area contributed by atoms with Gasteiger partial charge in [-0.1, -0.05) is 41.9 Å². The number of halogens is 1. The minimum atomic E-state index is 0.628. The van der Waals surface area contributed by atoms with E-state index in [4.69, 9.17) is 16.3 Å². The molecule has 0 saturated heterocycles. The van der Waals surface area contributed by atoms with Crippen molar-refractivity contribution < 1.29 is 4.74 Å². The predicted octanol–water partition coefficient (Wildman–Crippen LogP) is 4.38. The zero-order chi connectivity index (χ0) is 14.2. The normalized spacial score (nSPS) is 10.5. The first kappa shape index (κ1) is 14.9. The van der Waals surface area contributed by atoms with Crippen molar-refractivity contribution in [1.29, 1.82) is 0 Å². The van der Waals surface area contributed by atoms with Gasteiger partial charge in [-0.2, -0.15) is 0 Å². The molecule has 0 saturated carbocycles. The molecule has 0 heterocycles. The van der Waals surface area contributed by atoms with Crippen LogP contribution in [0.25, 0.3) is 0 Å². The number of likely N-dealkylation sites (N-methyl/N-ethyl adjacent to an activating group) is 1. The highest BCUT2D eigenvalue weighted by molar-refractivity contribution is 6.30. The summed E-state index contributed by atoms with van der Waals surface area (Å²) in [5.74, 6) is 0. The lowest BCUT2D eigenvalue weighted by molar-refractivity contribution is 0.127. The Bertz CT molecular complexity index is 498. The average Bonchev–Trinajstić information content (AvgIpc) is 2.50. The molecule has 0 spiro atoms. The lowest BCUT2D eigenvalue weighted by atomic mass is 10.2. The molecule has 0 fully saturated rings. The minimum Gasteiger partial charge on any atom is -0.375 e. The molecular weight excluding hydrogens is 270 g/mol. The molecule has 106 valence electrons. The summed E-state index contributed by atoms with van der Waals surface area (Å²) in [6.07, 6.45) is 0. The first-order valence-corrected chi connectivity index (χ1v) is 7.29. The molecule has 0 amide bonds. The van der Waals surface area contributed by atoms with Crippen molar-refractivity contribution >= 4 is 17.3 Å². The van der Waals surface area contributed by atoms with Crippen LogP contribution >= 0.6 is 11.6 Å². The molecule has 2 aromatic carbocycles. The summed E-state index contributed by atoms with van der Waals surface area (Å²) in [4.78, 5) is 2.31. The Balaban J connectivity index is 1.76. The first-order valence-electron chi connectivity index (χ1n) is 6.92. The molecule has 20 heavy (non-hydrogen) atoms. The fourth-order valence-electron chi connectivity index (χ4n) is 2.05. The molecule has 0 bridgehead atoms. The highest BCUT2D eigenvalue weighted by atomic mass is 35.5. The van der Waals surface area contributed by atoms with Crippen LogP contribution in [0.5, 0.6) is 0 Å². The number of rotatable bonds is 7. The highest BCUT2D eigenvalue weighted by Crippen LogP contribution is 2.13. The molecule has 0 aromatic heterocycles. The fraction of sp³-hybridized carbons (Fsp3) is 0.294. The van der Waals surface area contributed by atoms with Gasteiger partial charge in [0.1, 0.15) is 0 Å². The number of hydrogen-bond acceptors (Lipinski definition) is 2. The van der Waals surface area contributed by atoms with Crippen LogP contribution in [0.2, 0.25) is 5.02 Å². The Labute approximate surface area is 125 Å². The maximum absolute atomic E-state index is 5.85. The molecule has 0 aliphatic rings. The van der Waals surface area contributed by atoms with E-state index in [-0.39, 0.29) is 0 Å². The van der Waals surface area contributed by atoms with Gasteiger partial charge in [0.05, 0.1) is 13.2 Å². The van der Waals surface area contributed by atoms with Crippen molar-refractivity contribution in [2.24, 2.45) is 0 Å². The average molecular weight is 290 g/mol. The third-order valence-electron chi connectivity index (χ3n) is 3.19. The highest BCUT2D eigenvalue weighted by Gasteiger charge is 2.03. The Kier molecular flexibility index (Phi) is 5.90. The SMILES string of the molecule is CCN(CCOCc1ccc(Cl)cc1)c1ccccc1. The van der Waals surface area contributed by atoms with Gasteiger partial charge in [-0.05, 0) is 36.8 Å². The van der Waals surface area contributed by atoms with Crippen molar-refractivity contribution in [2.45, 2.75) is 13.5 Å². The number of hydrogen-bond donors (Lipinski definition) is 0. The second-order valence-corrected chi connectivity index (χ2v) is 5.03. The largest absolute Gasteiger partial charge is 0.375 e. The Morgan fingerprint density at radius 1 is 1.00 bits per heavy atom. The second-order valence-electron chi connectivity index (χ2n) is 4.59. The molecule has 3 heteroatoms. The molecule has 0 aliphatic carbocycles. The van der Waals surface area contributed by atoms with E-state index in [0.29, 0.717) is 13.2 Å². The van der Waals surface area contributed by atoms with Gasteiger partial charge >= 0.3 is 0 Å². The lowest BCUT2D eigenvalue weighted by Crippen LogP contribution is -2.26. The van der Waals surface area contributed by atoms with Crippen LogP contribution in [0.15, 0.2) is 54.6 Å². The number of anilines is 1. The van der Waals surface area contributed by atoms with E-state index in [1.165, 1.54) is 5.69 Å². The van der Waals surface area contributed by atoms with Crippen molar-refractivity contribution in [3.8, 4) is 0 Å². The van der Waals surface area contributed by atoms with Gasteiger partial charge < -0.3 is 9.64 Å². The smallest absolute Gasteiger partial charge is 0.0717 e. The summed E-state index contributed by atoms with van der Waals surface area (Å²) in [5.41, 5.74) is 2.39. The molecule has 0 aliphatic heterocycles. The van der Waals surface area contributed by atoms with Gasteiger partial charge in [-0.25, -0.2) is 0 Å². The molecule has 0 atom stereocenters. The maximum atomic E-state index is 5.85. The van der Waals surface area contributed by atoms with E-state index >= 15 is 0 Å². The predicted molar refractivity (Wildman–Crippen MR) is 85.4 cm³/mol. The van der Waals surface area contributed by atoms with Gasteiger partial charge in [0.2, 0.25) is 0 Å². The van der Waals surface area contributed by atoms with E-state index in [0.717, 1.165) is 23.7 Å². The van der Waals surface area contributed by atoms with E-state index in [1.807, 2.05) is 30.3 Å². The summed E-state index contributed by atoms with van der Waals surface area (Å²) < 4.78 is 5.73. The van der Waals surface area contributed by atoms with Gasteiger partial charge in [0, 0.05) is 23.8 Å². The Hall–Kier alpha value is -1.51. The second kappa shape index (κ2) is 7.93. The van der Waals surface area contributed by atoms with E-state index in [9.17, 15) is 0 Å². The lowest BCUT2D eigenvalue weighted by Gasteiger charge is -2.22. The third kappa shape index (κ3) is 4.55. The quantitative estimate of drug-likeness (QED) is 0.701. The molecule has 0 N–H and O–H groups in total. The van der Waals surface area contributed by atoms with Crippen LogP contribution in [0.3, 0.4) is 0 Å². The van der Waals surface area contributed by atoms with E-state index in [2.05, 4.69) is 36.1 Å². The zero-order valence-corrected chi connectivity index (χ0v) is 12.5. The topological polar surface area (TPSA) is 12.5 Å². The van der Waals surface area contributed by atoms with E-state index in [1.54, 1.807) is 0 Å². The zero-order valence-electron chi connectivity index (χ0n) is 11.8. The number of ether oxygens (including phenoxy) is 1. The van der Waals surface area contributed by atoms with Gasteiger partial charge in [-0.3, -0.25) is 0 Å². The maximum Gasteiger partial charge on any atom is 0.0717 e. The monoisotopic (exact) mass is 289 g/mol. The van der Waals surface area contributed by atoms with Crippen LogP contribution < -0.4 is 4.90 Å². The Morgan fingerprint density at radius 2 is 1.70 bits per heavy atom. The van der Waals surface area contributed by atoms with Crippen molar-refractivity contribution in [3.63, 3.8) is 0 Å². The van der Waals surface area contributed by atoms with Crippen LogP contribution in [-0.2, 0) is 11.3 Å². The molecule has 0 radical (unpaired) electrons. The summed E-state index contributed by atoms with van der Waals surface area (Å²) in [7, 11) is 0. The summed E-state index contributed by atoms with van der Waals surface area (Å²) in [6.45, 7) is 5.38. The molecule has 2 nitrogen and oxygen atoms in total. The number of para-hydroxylation sites is 1. The number of nitrogens with zero attached hydrogens (tertiary/aromatic N) is 1. The van der Waals surface area contributed by atoms with Crippen LogP contribution in [0.4, 0.5) is 5.69 Å². The molecule has 2 rings (SSSR count). The fourth-order valence-corrected chi connectivity index (χ4v) is 2.18. The summed E-state index contributed by atoms with van der Waals surface area (Å²) >= 11 is 5.85. The molecule has 2 aromatic rings. The standard InChI is InChI=1S/C17H20ClNO/c1-2-19(17-6-4-3-5-7-17)12-13-20-14-15-8-10-16(18)11-9-15/h3-11H,2,12-14H2,1H3. The van der Waals surface area contributed by atoms with Crippen molar-refractivity contribution in [1.82, 2.24) is 0 Å². The Morgan fingerprint density at radius 3 is 2.35 bits per heavy atom. The number of benzene rings is 2. The first-order chi connectivity index (χ1) is 9.79. The summed E-state index contributed by atoms with van der Waals surface area (Å²) in [5, 5.41) is 0.759. The van der Waals surface area contributed by atoms with Crippen molar-refractivity contribution in [3.05, 3.63) is 65.2 Å².